The molecule has 2 aromatic rings. The van der Waals surface area contributed by atoms with Crippen LogP contribution in [-0.4, -0.2) is 32.2 Å². The van der Waals surface area contributed by atoms with E-state index in [2.05, 4.69) is 26.1 Å². The third-order valence-electron chi connectivity index (χ3n) is 4.37. The fraction of sp³-hybridized carbons (Fsp3) is 0.474. The Morgan fingerprint density at radius 1 is 1.14 bits per heavy atom. The summed E-state index contributed by atoms with van der Waals surface area (Å²) in [6.07, 6.45) is 1.27. The number of aromatic nitrogens is 3. The van der Waals surface area contributed by atoms with Gasteiger partial charge in [0.2, 0.25) is 5.91 Å². The van der Waals surface area contributed by atoms with E-state index in [1.165, 1.54) is 12.1 Å². The Balaban J connectivity index is 1.61. The van der Waals surface area contributed by atoms with Crippen molar-refractivity contribution in [1.82, 2.24) is 30.7 Å². The number of carbonyl (C=O) groups is 2. The lowest BCUT2D eigenvalue weighted by Crippen LogP contribution is -2.46. The van der Waals surface area contributed by atoms with E-state index in [-0.39, 0.29) is 29.8 Å². The molecule has 0 fully saturated rings. The van der Waals surface area contributed by atoms with E-state index in [4.69, 9.17) is 0 Å². The fourth-order valence-corrected chi connectivity index (χ4v) is 3.11. The Morgan fingerprint density at radius 2 is 1.86 bits per heavy atom. The maximum absolute atomic E-state index is 13.0. The van der Waals surface area contributed by atoms with Gasteiger partial charge in [-0.15, -0.1) is 10.2 Å². The second-order valence-electron chi connectivity index (χ2n) is 7.86. The molecule has 0 saturated heterocycles. The van der Waals surface area contributed by atoms with Crippen molar-refractivity contribution in [3.8, 4) is 0 Å². The molecule has 1 aromatic heterocycles. The van der Waals surface area contributed by atoms with Crippen LogP contribution in [0.5, 0.6) is 0 Å². The maximum Gasteiger partial charge on any atom is 0.315 e. The Bertz CT molecular complexity index is 856. The van der Waals surface area contributed by atoms with Crippen LogP contribution in [0, 0.1) is 5.82 Å². The van der Waals surface area contributed by atoms with Crippen molar-refractivity contribution in [2.45, 2.75) is 58.3 Å². The number of amides is 3. The molecule has 0 aliphatic carbocycles. The van der Waals surface area contributed by atoms with Crippen molar-refractivity contribution in [2.75, 3.05) is 0 Å². The molecule has 0 radical (unpaired) electrons. The van der Waals surface area contributed by atoms with Gasteiger partial charge in [0.05, 0.1) is 6.54 Å². The Labute approximate surface area is 162 Å². The number of nitrogens with zero attached hydrogens (tertiary/aromatic N) is 3. The monoisotopic (exact) mass is 388 g/mol. The first-order valence-corrected chi connectivity index (χ1v) is 9.24. The van der Waals surface area contributed by atoms with Gasteiger partial charge in [-0.25, -0.2) is 9.18 Å². The molecule has 1 atom stereocenters. The van der Waals surface area contributed by atoms with Crippen LogP contribution < -0.4 is 16.0 Å². The number of hydrogen-bond donors (Lipinski definition) is 3. The average molecular weight is 388 g/mol. The van der Waals surface area contributed by atoms with Crippen LogP contribution in [0.4, 0.5) is 9.18 Å². The van der Waals surface area contributed by atoms with Gasteiger partial charge < -0.3 is 20.5 Å². The minimum absolute atomic E-state index is 0.150. The zero-order valence-corrected chi connectivity index (χ0v) is 16.3. The second-order valence-corrected chi connectivity index (χ2v) is 7.86. The molecule has 3 N–H and O–H groups in total. The number of halogens is 1. The zero-order chi connectivity index (χ0) is 20.3. The van der Waals surface area contributed by atoms with Gasteiger partial charge in [0, 0.05) is 18.5 Å². The molecule has 150 valence electrons. The Hall–Kier alpha value is -2.97. The minimum Gasteiger partial charge on any atom is -0.350 e. The number of aryl methyl sites for hydroxylation is 1. The number of nitrogens with one attached hydrogen (secondary N) is 3. The van der Waals surface area contributed by atoms with Crippen molar-refractivity contribution >= 4 is 11.9 Å². The van der Waals surface area contributed by atoms with E-state index in [0.717, 1.165) is 11.4 Å². The molecule has 1 aromatic carbocycles. The normalized spacial score (nSPS) is 15.8. The summed E-state index contributed by atoms with van der Waals surface area (Å²) < 4.78 is 14.8. The molecule has 1 aliphatic rings. The number of urea groups is 1. The van der Waals surface area contributed by atoms with Crippen LogP contribution in [0.15, 0.2) is 24.3 Å². The number of benzene rings is 1. The van der Waals surface area contributed by atoms with Gasteiger partial charge in [0.15, 0.2) is 5.82 Å². The van der Waals surface area contributed by atoms with Crippen LogP contribution in [0.3, 0.4) is 0 Å². The summed E-state index contributed by atoms with van der Waals surface area (Å²) in [7, 11) is 0. The van der Waals surface area contributed by atoms with Gasteiger partial charge in [0.25, 0.3) is 0 Å². The highest BCUT2D eigenvalue weighted by Crippen LogP contribution is 2.26. The van der Waals surface area contributed by atoms with Gasteiger partial charge in [-0.3, -0.25) is 4.79 Å². The summed E-state index contributed by atoms with van der Waals surface area (Å²) in [4.78, 5) is 24.6. The minimum atomic E-state index is -0.423. The Morgan fingerprint density at radius 3 is 2.54 bits per heavy atom. The van der Waals surface area contributed by atoms with Gasteiger partial charge in [-0.1, -0.05) is 12.1 Å². The lowest BCUT2D eigenvalue weighted by atomic mass is 10.1. The summed E-state index contributed by atoms with van der Waals surface area (Å²) in [5, 5.41) is 16.7. The van der Waals surface area contributed by atoms with Crippen LogP contribution in [0.1, 0.15) is 50.4 Å². The third-order valence-corrected chi connectivity index (χ3v) is 4.37. The first kappa shape index (κ1) is 19.8. The highest BCUT2D eigenvalue weighted by Gasteiger charge is 2.32. The molecule has 0 bridgehead atoms. The van der Waals surface area contributed by atoms with Crippen LogP contribution in [0.2, 0.25) is 0 Å². The Kier molecular flexibility index (Phi) is 5.62. The zero-order valence-electron chi connectivity index (χ0n) is 16.3. The molecule has 0 saturated carbocycles. The molecule has 0 spiro atoms. The fourth-order valence-electron chi connectivity index (χ4n) is 3.11. The van der Waals surface area contributed by atoms with E-state index in [1.807, 2.05) is 20.8 Å². The van der Waals surface area contributed by atoms with Crippen molar-refractivity contribution in [3.63, 3.8) is 0 Å². The number of rotatable bonds is 5. The molecule has 8 nitrogen and oxygen atoms in total. The lowest BCUT2D eigenvalue weighted by Gasteiger charge is -2.21. The summed E-state index contributed by atoms with van der Waals surface area (Å²) in [6.45, 7) is 6.17. The smallest absolute Gasteiger partial charge is 0.315 e. The molecule has 2 heterocycles. The number of carbonyl (C=O) groups excluding carboxylic acids is 2. The third kappa shape index (κ3) is 4.85. The molecule has 9 heteroatoms. The molecule has 28 heavy (non-hydrogen) atoms. The molecular weight excluding hydrogens is 363 g/mol. The van der Waals surface area contributed by atoms with Gasteiger partial charge in [-0.2, -0.15) is 0 Å². The lowest BCUT2D eigenvalue weighted by molar-refractivity contribution is -0.124. The van der Waals surface area contributed by atoms with Crippen LogP contribution in [-0.2, 0) is 24.3 Å². The van der Waals surface area contributed by atoms with Crippen molar-refractivity contribution in [2.24, 2.45) is 0 Å². The van der Waals surface area contributed by atoms with Gasteiger partial charge in [-0.05, 0) is 44.9 Å². The number of hydrogen-bond acceptors (Lipinski definition) is 4. The molecule has 3 amide bonds. The van der Waals surface area contributed by atoms with Crippen LogP contribution in [0.25, 0.3) is 0 Å². The topological polar surface area (TPSA) is 101 Å². The van der Waals surface area contributed by atoms with E-state index in [0.29, 0.717) is 25.2 Å². The quantitative estimate of drug-likeness (QED) is 0.727. The SMILES string of the molecule is CC(C)(C)NC(=O)NCc1nnc2n1C(C(=O)NCc1ccc(F)cc1)CC2. The standard InChI is InChI=1S/C19H25FN6O2/c1-19(2,3)23-18(28)22-11-16-25-24-15-9-8-14(26(15)16)17(27)21-10-12-4-6-13(20)7-5-12/h4-7,14H,8-11H2,1-3H3,(H,21,27)(H2,22,23,28). The highest BCUT2D eigenvalue weighted by molar-refractivity contribution is 5.81. The molecule has 1 unspecified atom stereocenters. The average Bonchev–Trinajstić information content (AvgIpc) is 3.20. The molecule has 1 aliphatic heterocycles. The van der Waals surface area contributed by atoms with Gasteiger partial charge in [0.1, 0.15) is 17.7 Å². The van der Waals surface area contributed by atoms with E-state index < -0.39 is 6.04 Å². The molecular formula is C19H25FN6O2. The molecule has 3 rings (SSSR count). The predicted molar refractivity (Wildman–Crippen MR) is 101 cm³/mol. The van der Waals surface area contributed by atoms with Crippen molar-refractivity contribution in [3.05, 3.63) is 47.3 Å². The number of fused-ring (bicyclic) bond motifs is 1. The van der Waals surface area contributed by atoms with E-state index >= 15 is 0 Å². The summed E-state index contributed by atoms with van der Waals surface area (Å²) >= 11 is 0. The predicted octanol–water partition coefficient (Wildman–Crippen LogP) is 1.82. The first-order chi connectivity index (χ1) is 13.2. The summed E-state index contributed by atoms with van der Waals surface area (Å²) in [6, 6.07) is 5.27. The van der Waals surface area contributed by atoms with Crippen LogP contribution >= 0.6 is 0 Å². The van der Waals surface area contributed by atoms with Crippen molar-refractivity contribution < 1.29 is 14.0 Å². The second kappa shape index (κ2) is 7.95. The largest absolute Gasteiger partial charge is 0.350 e. The summed E-state index contributed by atoms with van der Waals surface area (Å²) in [5.74, 6) is 0.810. The maximum atomic E-state index is 13.0. The summed E-state index contributed by atoms with van der Waals surface area (Å²) in [5.41, 5.74) is 0.470. The van der Waals surface area contributed by atoms with Crippen molar-refractivity contribution in [1.29, 1.82) is 0 Å². The highest BCUT2D eigenvalue weighted by atomic mass is 19.1. The first-order valence-electron chi connectivity index (χ1n) is 9.24. The van der Waals surface area contributed by atoms with Gasteiger partial charge >= 0.3 is 6.03 Å². The van der Waals surface area contributed by atoms with E-state index in [9.17, 15) is 14.0 Å². The van der Waals surface area contributed by atoms with E-state index in [1.54, 1.807) is 16.7 Å².